The Morgan fingerprint density at radius 1 is 1.40 bits per heavy atom. The van der Waals surface area contributed by atoms with Crippen LogP contribution in [0.4, 0.5) is 5.95 Å². The van der Waals surface area contributed by atoms with Crippen LogP contribution < -0.4 is 5.32 Å². The maximum absolute atomic E-state index is 4.25. The molecule has 0 saturated carbocycles. The molecule has 1 aromatic carbocycles. The molecule has 1 aromatic heterocycles. The molecule has 0 bridgehead atoms. The molecule has 0 aliphatic carbocycles. The fraction of sp³-hybridized carbons (Fsp3) is 0.182. The molecule has 2 rings (SSSR count). The van der Waals surface area contributed by atoms with E-state index in [4.69, 9.17) is 0 Å². The van der Waals surface area contributed by atoms with Crippen LogP contribution in [-0.2, 0) is 0 Å². The number of hydrogen-bond acceptors (Lipinski definition) is 2. The summed E-state index contributed by atoms with van der Waals surface area (Å²) in [5.41, 5.74) is 1.09. The molecular weight excluding hydrogens is 254 g/mol. The van der Waals surface area contributed by atoms with Gasteiger partial charge >= 0.3 is 0 Å². The van der Waals surface area contributed by atoms with Crippen molar-refractivity contribution in [2.75, 3.05) is 11.9 Å². The summed E-state index contributed by atoms with van der Waals surface area (Å²) >= 11 is 3.53. The van der Waals surface area contributed by atoms with Crippen molar-refractivity contribution in [3.8, 4) is 5.69 Å². The number of imidazole rings is 1. The summed E-state index contributed by atoms with van der Waals surface area (Å²) in [6, 6.07) is 8.07. The predicted molar refractivity (Wildman–Crippen MR) is 65.4 cm³/mol. The number of halogens is 1. The first-order chi connectivity index (χ1) is 7.33. The van der Waals surface area contributed by atoms with Gasteiger partial charge in [0, 0.05) is 23.4 Å². The molecule has 0 atom stereocenters. The van der Waals surface area contributed by atoms with Crippen LogP contribution in [0, 0.1) is 0 Å². The molecule has 0 aliphatic rings. The van der Waals surface area contributed by atoms with E-state index >= 15 is 0 Å². The zero-order chi connectivity index (χ0) is 10.7. The van der Waals surface area contributed by atoms with Crippen molar-refractivity contribution >= 4 is 21.9 Å². The van der Waals surface area contributed by atoms with Gasteiger partial charge in [-0.15, -0.1) is 0 Å². The first-order valence-corrected chi connectivity index (χ1v) is 5.64. The van der Waals surface area contributed by atoms with E-state index < -0.39 is 0 Å². The average molecular weight is 266 g/mol. The van der Waals surface area contributed by atoms with Crippen LogP contribution in [0.3, 0.4) is 0 Å². The molecule has 15 heavy (non-hydrogen) atoms. The number of nitrogens with zero attached hydrogens (tertiary/aromatic N) is 2. The maximum Gasteiger partial charge on any atom is 0.207 e. The van der Waals surface area contributed by atoms with Gasteiger partial charge in [0.15, 0.2) is 0 Å². The Balaban J connectivity index is 2.45. The highest BCUT2D eigenvalue weighted by molar-refractivity contribution is 9.10. The smallest absolute Gasteiger partial charge is 0.207 e. The maximum atomic E-state index is 4.25. The second-order valence-electron chi connectivity index (χ2n) is 3.10. The highest BCUT2D eigenvalue weighted by Gasteiger charge is 2.05. The van der Waals surface area contributed by atoms with Crippen molar-refractivity contribution < 1.29 is 0 Å². The Morgan fingerprint density at radius 2 is 2.20 bits per heavy atom. The molecule has 0 spiro atoms. The third-order valence-corrected chi connectivity index (χ3v) is 2.76. The standard InChI is InChI=1S/C11H12BrN3/c1-2-13-11-14-7-8-15(11)10-6-4-3-5-9(10)12/h3-8H,2H2,1H3,(H,13,14). The van der Waals surface area contributed by atoms with E-state index in [1.807, 2.05) is 35.0 Å². The minimum Gasteiger partial charge on any atom is -0.356 e. The lowest BCUT2D eigenvalue weighted by Crippen LogP contribution is -2.05. The zero-order valence-corrected chi connectivity index (χ0v) is 10.0. The van der Waals surface area contributed by atoms with Gasteiger partial charge in [-0.2, -0.15) is 0 Å². The monoisotopic (exact) mass is 265 g/mol. The fourth-order valence-corrected chi connectivity index (χ4v) is 1.91. The van der Waals surface area contributed by atoms with Crippen molar-refractivity contribution in [1.29, 1.82) is 0 Å². The molecule has 2 aromatic rings. The summed E-state index contributed by atoms with van der Waals surface area (Å²) in [5, 5.41) is 3.21. The number of anilines is 1. The lowest BCUT2D eigenvalue weighted by Gasteiger charge is -2.09. The number of rotatable bonds is 3. The van der Waals surface area contributed by atoms with Gasteiger partial charge < -0.3 is 5.32 Å². The van der Waals surface area contributed by atoms with Gasteiger partial charge in [0.2, 0.25) is 5.95 Å². The molecular formula is C11H12BrN3. The fourth-order valence-electron chi connectivity index (χ4n) is 1.43. The Kier molecular flexibility index (Phi) is 3.06. The number of aromatic nitrogens is 2. The summed E-state index contributed by atoms with van der Waals surface area (Å²) in [7, 11) is 0. The largest absolute Gasteiger partial charge is 0.356 e. The van der Waals surface area contributed by atoms with Crippen molar-refractivity contribution in [2.24, 2.45) is 0 Å². The third kappa shape index (κ3) is 2.04. The molecule has 0 radical (unpaired) electrons. The summed E-state index contributed by atoms with van der Waals surface area (Å²) in [4.78, 5) is 4.25. The van der Waals surface area contributed by atoms with Crippen LogP contribution in [-0.4, -0.2) is 16.1 Å². The average Bonchev–Trinajstić information content (AvgIpc) is 2.67. The van der Waals surface area contributed by atoms with Crippen LogP contribution in [0.5, 0.6) is 0 Å². The Labute approximate surface area is 97.3 Å². The molecule has 0 amide bonds. The molecule has 0 aliphatic heterocycles. The van der Waals surface area contributed by atoms with Crippen LogP contribution in [0.2, 0.25) is 0 Å². The highest BCUT2D eigenvalue weighted by Crippen LogP contribution is 2.23. The van der Waals surface area contributed by atoms with E-state index in [9.17, 15) is 0 Å². The topological polar surface area (TPSA) is 29.9 Å². The number of benzene rings is 1. The molecule has 0 saturated heterocycles. The van der Waals surface area contributed by atoms with E-state index in [-0.39, 0.29) is 0 Å². The minimum atomic E-state index is 0.863. The molecule has 0 fully saturated rings. The summed E-state index contributed by atoms with van der Waals surface area (Å²) < 4.78 is 3.08. The van der Waals surface area contributed by atoms with Crippen LogP contribution in [0.25, 0.3) is 5.69 Å². The minimum absolute atomic E-state index is 0.863. The lowest BCUT2D eigenvalue weighted by molar-refractivity contribution is 1.02. The van der Waals surface area contributed by atoms with E-state index in [0.717, 1.165) is 22.7 Å². The highest BCUT2D eigenvalue weighted by atomic mass is 79.9. The van der Waals surface area contributed by atoms with E-state index in [1.165, 1.54) is 0 Å². The quantitative estimate of drug-likeness (QED) is 0.925. The molecule has 0 unspecified atom stereocenters. The van der Waals surface area contributed by atoms with Crippen LogP contribution in [0.15, 0.2) is 41.1 Å². The normalized spacial score (nSPS) is 10.3. The second kappa shape index (κ2) is 4.49. The summed E-state index contributed by atoms with van der Waals surface area (Å²) in [5.74, 6) is 0.865. The summed E-state index contributed by atoms with van der Waals surface area (Å²) in [6.45, 7) is 2.92. The van der Waals surface area contributed by atoms with Gasteiger partial charge in [0.1, 0.15) is 0 Å². The van der Waals surface area contributed by atoms with E-state index in [1.54, 1.807) is 6.20 Å². The van der Waals surface area contributed by atoms with Gasteiger partial charge in [-0.3, -0.25) is 4.57 Å². The lowest BCUT2D eigenvalue weighted by atomic mass is 10.3. The predicted octanol–water partition coefficient (Wildman–Crippen LogP) is 3.07. The summed E-state index contributed by atoms with van der Waals surface area (Å²) in [6.07, 6.45) is 3.73. The number of hydrogen-bond donors (Lipinski definition) is 1. The third-order valence-electron chi connectivity index (χ3n) is 2.09. The van der Waals surface area contributed by atoms with Crippen molar-refractivity contribution in [3.05, 3.63) is 41.1 Å². The van der Waals surface area contributed by atoms with Gasteiger partial charge in [-0.1, -0.05) is 12.1 Å². The SMILES string of the molecule is CCNc1nccn1-c1ccccc1Br. The second-order valence-corrected chi connectivity index (χ2v) is 3.96. The molecule has 1 heterocycles. The first-order valence-electron chi connectivity index (χ1n) is 4.85. The van der Waals surface area contributed by atoms with Crippen molar-refractivity contribution in [2.45, 2.75) is 6.92 Å². The Bertz CT molecular complexity index is 451. The molecule has 1 N–H and O–H groups in total. The number of para-hydroxylation sites is 1. The molecule has 4 heteroatoms. The van der Waals surface area contributed by atoms with Crippen LogP contribution >= 0.6 is 15.9 Å². The molecule has 3 nitrogen and oxygen atoms in total. The number of nitrogens with one attached hydrogen (secondary N) is 1. The molecule has 78 valence electrons. The van der Waals surface area contributed by atoms with Crippen LogP contribution in [0.1, 0.15) is 6.92 Å². The Hall–Kier alpha value is -1.29. The van der Waals surface area contributed by atoms with Gasteiger partial charge in [0.05, 0.1) is 5.69 Å². The first kappa shape index (κ1) is 10.2. The van der Waals surface area contributed by atoms with Gasteiger partial charge in [0.25, 0.3) is 0 Å². The van der Waals surface area contributed by atoms with Crippen molar-refractivity contribution in [3.63, 3.8) is 0 Å². The van der Waals surface area contributed by atoms with E-state index in [0.29, 0.717) is 0 Å². The van der Waals surface area contributed by atoms with Gasteiger partial charge in [-0.25, -0.2) is 4.98 Å². The van der Waals surface area contributed by atoms with Crippen molar-refractivity contribution in [1.82, 2.24) is 9.55 Å². The zero-order valence-electron chi connectivity index (χ0n) is 8.44. The van der Waals surface area contributed by atoms with Gasteiger partial charge in [-0.05, 0) is 35.0 Å². The Morgan fingerprint density at radius 3 is 2.93 bits per heavy atom. The van der Waals surface area contributed by atoms with E-state index in [2.05, 4.69) is 33.2 Å².